The van der Waals surface area contributed by atoms with Crippen molar-refractivity contribution in [2.24, 2.45) is 0 Å². The van der Waals surface area contributed by atoms with Crippen molar-refractivity contribution in [1.29, 1.82) is 0 Å². The second-order valence-electron chi connectivity index (χ2n) is 9.40. The number of ether oxygens (including phenoxy) is 1. The first kappa shape index (κ1) is 32.3. The molecule has 0 bridgehead atoms. The van der Waals surface area contributed by atoms with Crippen LogP contribution >= 0.6 is 0 Å². The Morgan fingerprint density at radius 2 is 1.12 bits per heavy atom. The van der Waals surface area contributed by atoms with Gasteiger partial charge >= 0.3 is 11.9 Å². The molecule has 0 radical (unpaired) electrons. The summed E-state index contributed by atoms with van der Waals surface area (Å²) in [5.41, 5.74) is -1.47. The van der Waals surface area contributed by atoms with Crippen LogP contribution in [0.5, 0.6) is 0 Å². The number of nitrogens with one attached hydrogen (secondary N) is 1. The number of amides is 1. The third-order valence-corrected chi connectivity index (χ3v) is 6.07. The number of carboxylic acid groups (broad SMARTS) is 1. The van der Waals surface area contributed by atoms with Crippen LogP contribution < -0.4 is 5.32 Å². The van der Waals surface area contributed by atoms with Gasteiger partial charge in [-0.05, 0) is 6.42 Å². The van der Waals surface area contributed by atoms with Crippen LogP contribution in [-0.2, 0) is 19.1 Å². The average Bonchev–Trinajstić information content (AvgIpc) is 2.82. The molecule has 0 unspecified atom stereocenters. The lowest BCUT2D eigenvalue weighted by molar-refractivity contribution is -0.151. The summed E-state index contributed by atoms with van der Waals surface area (Å²) < 4.78 is 4.93. The zero-order valence-corrected chi connectivity index (χ0v) is 21.3. The van der Waals surface area contributed by atoms with Crippen molar-refractivity contribution in [3.05, 3.63) is 0 Å². The minimum Gasteiger partial charge on any atom is -0.481 e. The molecule has 0 saturated heterocycles. The highest BCUT2D eigenvalue weighted by atomic mass is 16.5. The molecule has 200 valence electrons. The Hall–Kier alpha value is -1.67. The highest BCUT2D eigenvalue weighted by molar-refractivity contribution is 5.77. The van der Waals surface area contributed by atoms with Gasteiger partial charge in [0.25, 0.3) is 0 Å². The van der Waals surface area contributed by atoms with Crippen LogP contribution in [0.4, 0.5) is 0 Å². The van der Waals surface area contributed by atoms with Crippen LogP contribution in [-0.4, -0.2) is 58.5 Å². The summed E-state index contributed by atoms with van der Waals surface area (Å²) in [6, 6.07) is 0. The van der Waals surface area contributed by atoms with Gasteiger partial charge in [-0.15, -0.1) is 0 Å². The molecule has 1 amide bonds. The first-order valence-corrected chi connectivity index (χ1v) is 13.3. The summed E-state index contributed by atoms with van der Waals surface area (Å²) >= 11 is 0. The Balaban J connectivity index is 3.79. The van der Waals surface area contributed by atoms with E-state index in [2.05, 4.69) is 12.2 Å². The van der Waals surface area contributed by atoms with Crippen LogP contribution in [0.25, 0.3) is 0 Å². The van der Waals surface area contributed by atoms with Crippen molar-refractivity contribution >= 4 is 17.8 Å². The van der Waals surface area contributed by atoms with Crippen molar-refractivity contribution in [2.45, 2.75) is 128 Å². The summed E-state index contributed by atoms with van der Waals surface area (Å²) in [6.45, 7) is 0.640. The maximum atomic E-state index is 12.2. The van der Waals surface area contributed by atoms with Crippen LogP contribution in [0, 0.1) is 0 Å². The van der Waals surface area contributed by atoms with Crippen molar-refractivity contribution < 1.29 is 34.4 Å². The van der Waals surface area contributed by atoms with E-state index in [1.165, 1.54) is 77.0 Å². The lowest BCUT2D eigenvalue weighted by Crippen LogP contribution is -2.57. The summed E-state index contributed by atoms with van der Waals surface area (Å²) in [5.74, 6) is -2.20. The topological polar surface area (TPSA) is 133 Å². The lowest BCUT2D eigenvalue weighted by atomic mass is 10.0. The zero-order valence-electron chi connectivity index (χ0n) is 21.3. The van der Waals surface area contributed by atoms with Crippen LogP contribution in [0.3, 0.4) is 0 Å². The number of rotatable bonds is 24. The molecule has 8 heteroatoms. The van der Waals surface area contributed by atoms with Gasteiger partial charge in [0.15, 0.2) is 0 Å². The van der Waals surface area contributed by atoms with E-state index in [9.17, 15) is 24.6 Å². The SMILES string of the molecule is CCCCCCCCCCCCCCCCCC(=O)NC(CO)(CO)COC(=O)CCC(=O)O. The molecule has 0 aliphatic rings. The van der Waals surface area contributed by atoms with Gasteiger partial charge in [-0.25, -0.2) is 0 Å². The molecule has 0 aromatic carbocycles. The molecule has 0 rings (SSSR count). The second kappa shape index (κ2) is 21.8. The van der Waals surface area contributed by atoms with Crippen LogP contribution in [0.2, 0.25) is 0 Å². The van der Waals surface area contributed by atoms with Gasteiger partial charge in [0.1, 0.15) is 12.1 Å². The molecule has 0 aromatic heterocycles. The number of hydrogen-bond donors (Lipinski definition) is 4. The largest absolute Gasteiger partial charge is 0.481 e. The van der Waals surface area contributed by atoms with Gasteiger partial charge in [-0.3, -0.25) is 14.4 Å². The van der Waals surface area contributed by atoms with E-state index < -0.39 is 37.3 Å². The van der Waals surface area contributed by atoms with E-state index in [1.807, 2.05) is 0 Å². The van der Waals surface area contributed by atoms with Gasteiger partial charge < -0.3 is 25.4 Å². The molecule has 0 atom stereocenters. The maximum Gasteiger partial charge on any atom is 0.306 e. The highest BCUT2D eigenvalue weighted by Crippen LogP contribution is 2.14. The first-order chi connectivity index (χ1) is 16.4. The zero-order chi connectivity index (χ0) is 25.5. The molecule has 4 N–H and O–H groups in total. The second-order valence-corrected chi connectivity index (χ2v) is 9.40. The van der Waals surface area contributed by atoms with Crippen molar-refractivity contribution in [1.82, 2.24) is 5.32 Å². The smallest absolute Gasteiger partial charge is 0.306 e. The Morgan fingerprint density at radius 1 is 0.676 bits per heavy atom. The van der Waals surface area contributed by atoms with Gasteiger partial charge in [-0.1, -0.05) is 96.8 Å². The number of esters is 1. The van der Waals surface area contributed by atoms with E-state index in [0.29, 0.717) is 0 Å². The molecule has 8 nitrogen and oxygen atoms in total. The predicted octanol–water partition coefficient (Wildman–Crippen LogP) is 4.50. The number of aliphatic carboxylic acids is 1. The number of aliphatic hydroxyl groups is 2. The summed E-state index contributed by atoms with van der Waals surface area (Å²) in [4.78, 5) is 34.3. The standard InChI is InChI=1S/C26H49NO7/c1-2-3-4-5-6-7-8-9-10-11-12-13-14-15-16-17-23(30)27-26(20-28,21-29)22-34-25(33)19-18-24(31)32/h28-29H,2-22H2,1H3,(H,27,30)(H,31,32). The Kier molecular flexibility index (Phi) is 20.8. The number of carboxylic acids is 1. The molecular formula is C26H49NO7. The minimum atomic E-state index is -1.47. The first-order valence-electron chi connectivity index (χ1n) is 13.3. The maximum absolute atomic E-state index is 12.2. The molecule has 0 aromatic rings. The van der Waals surface area contributed by atoms with Gasteiger partial charge in [0.05, 0.1) is 26.1 Å². The summed E-state index contributed by atoms with van der Waals surface area (Å²) in [7, 11) is 0. The van der Waals surface area contributed by atoms with Gasteiger partial charge in [0.2, 0.25) is 5.91 Å². The highest BCUT2D eigenvalue weighted by Gasteiger charge is 2.32. The molecule has 0 saturated carbocycles. The fraction of sp³-hybridized carbons (Fsp3) is 0.885. The van der Waals surface area contributed by atoms with Crippen LogP contribution in [0.15, 0.2) is 0 Å². The Bertz CT molecular complexity index is 535. The van der Waals surface area contributed by atoms with E-state index in [4.69, 9.17) is 9.84 Å². The summed E-state index contributed by atoms with van der Waals surface area (Å²) in [6.07, 6.45) is 18.2. The van der Waals surface area contributed by atoms with Gasteiger partial charge in [-0.2, -0.15) is 0 Å². The molecule has 0 spiro atoms. The number of unbranched alkanes of at least 4 members (excludes halogenated alkanes) is 14. The minimum absolute atomic E-state index is 0.271. The predicted molar refractivity (Wildman–Crippen MR) is 132 cm³/mol. The Labute approximate surface area is 205 Å². The van der Waals surface area contributed by atoms with Crippen LogP contribution in [0.1, 0.15) is 122 Å². The third kappa shape index (κ3) is 18.7. The summed E-state index contributed by atoms with van der Waals surface area (Å²) in [5, 5.41) is 30.4. The molecule has 0 heterocycles. The van der Waals surface area contributed by atoms with E-state index in [0.717, 1.165) is 19.3 Å². The monoisotopic (exact) mass is 487 g/mol. The third-order valence-electron chi connectivity index (χ3n) is 6.07. The van der Waals surface area contributed by atoms with Crippen molar-refractivity contribution in [2.75, 3.05) is 19.8 Å². The van der Waals surface area contributed by atoms with E-state index in [-0.39, 0.29) is 25.2 Å². The van der Waals surface area contributed by atoms with Gasteiger partial charge in [0, 0.05) is 6.42 Å². The number of hydrogen-bond acceptors (Lipinski definition) is 6. The molecule has 0 aliphatic heterocycles. The molecular weight excluding hydrogens is 438 g/mol. The number of aliphatic hydroxyl groups excluding tert-OH is 2. The lowest BCUT2D eigenvalue weighted by Gasteiger charge is -2.30. The molecule has 0 aliphatic carbocycles. The molecule has 0 fully saturated rings. The van der Waals surface area contributed by atoms with E-state index >= 15 is 0 Å². The number of carbonyl (C=O) groups excluding carboxylic acids is 2. The normalized spacial score (nSPS) is 11.4. The average molecular weight is 488 g/mol. The Morgan fingerprint density at radius 3 is 1.53 bits per heavy atom. The van der Waals surface area contributed by atoms with E-state index in [1.54, 1.807) is 0 Å². The fourth-order valence-corrected chi connectivity index (χ4v) is 3.77. The fourth-order valence-electron chi connectivity index (χ4n) is 3.77. The molecule has 34 heavy (non-hydrogen) atoms. The number of carbonyl (C=O) groups is 3. The van der Waals surface area contributed by atoms with Crippen molar-refractivity contribution in [3.63, 3.8) is 0 Å². The van der Waals surface area contributed by atoms with Crippen molar-refractivity contribution in [3.8, 4) is 0 Å². The quantitative estimate of drug-likeness (QED) is 0.116.